The van der Waals surface area contributed by atoms with Gasteiger partial charge in [0.15, 0.2) is 0 Å². The molecule has 0 N–H and O–H groups in total. The Kier molecular flexibility index (Phi) is 5.56. The molecule has 3 rings (SSSR count). The van der Waals surface area contributed by atoms with Gasteiger partial charge in [0.2, 0.25) is 5.91 Å². The van der Waals surface area contributed by atoms with Crippen LogP contribution in [0.25, 0.3) is 0 Å². The highest BCUT2D eigenvalue weighted by atomic mass is 16.2. The molecule has 6 nitrogen and oxygen atoms in total. The van der Waals surface area contributed by atoms with Gasteiger partial charge < -0.3 is 14.7 Å². The summed E-state index contributed by atoms with van der Waals surface area (Å²) in [5, 5.41) is 0. The van der Waals surface area contributed by atoms with Crippen molar-refractivity contribution in [1.82, 2.24) is 14.8 Å². The van der Waals surface area contributed by atoms with Crippen LogP contribution in [0.1, 0.15) is 50.0 Å². The predicted molar refractivity (Wildman–Crippen MR) is 97.7 cm³/mol. The van der Waals surface area contributed by atoms with Crippen LogP contribution in [0.3, 0.4) is 0 Å². The van der Waals surface area contributed by atoms with Crippen molar-refractivity contribution in [2.24, 2.45) is 0 Å². The molecular weight excluding hydrogens is 316 g/mol. The van der Waals surface area contributed by atoms with Gasteiger partial charge in [-0.2, -0.15) is 0 Å². The molecular formula is C19H28N4O2. The van der Waals surface area contributed by atoms with Gasteiger partial charge in [0.25, 0.3) is 5.91 Å². The van der Waals surface area contributed by atoms with Gasteiger partial charge in [-0.25, -0.2) is 0 Å². The zero-order valence-corrected chi connectivity index (χ0v) is 15.3. The molecule has 25 heavy (non-hydrogen) atoms. The van der Waals surface area contributed by atoms with Gasteiger partial charge in [0.05, 0.1) is 0 Å². The van der Waals surface area contributed by atoms with Crippen molar-refractivity contribution in [3.05, 3.63) is 24.0 Å². The Labute approximate surface area is 149 Å². The fourth-order valence-corrected chi connectivity index (χ4v) is 3.85. The Morgan fingerprint density at radius 2 is 1.92 bits per heavy atom. The van der Waals surface area contributed by atoms with Crippen LogP contribution in [0.2, 0.25) is 0 Å². The maximum atomic E-state index is 12.9. The predicted octanol–water partition coefficient (Wildman–Crippen LogP) is 2.15. The van der Waals surface area contributed by atoms with E-state index in [-0.39, 0.29) is 11.8 Å². The summed E-state index contributed by atoms with van der Waals surface area (Å²) in [6.07, 6.45) is 6.10. The van der Waals surface area contributed by atoms with Gasteiger partial charge in [-0.05, 0) is 37.8 Å². The molecule has 0 aliphatic carbocycles. The van der Waals surface area contributed by atoms with Crippen molar-refractivity contribution in [1.29, 1.82) is 0 Å². The summed E-state index contributed by atoms with van der Waals surface area (Å²) >= 11 is 0. The van der Waals surface area contributed by atoms with Crippen LogP contribution in [-0.2, 0) is 4.79 Å². The van der Waals surface area contributed by atoms with E-state index in [1.165, 1.54) is 6.42 Å². The third-order valence-electron chi connectivity index (χ3n) is 5.41. The zero-order valence-electron chi connectivity index (χ0n) is 15.3. The summed E-state index contributed by atoms with van der Waals surface area (Å²) in [5.74, 6) is 0.178. The topological polar surface area (TPSA) is 56.8 Å². The minimum atomic E-state index is 0.0516. The van der Waals surface area contributed by atoms with Crippen LogP contribution in [0, 0.1) is 0 Å². The smallest absolute Gasteiger partial charge is 0.272 e. The standard InChI is InChI=1S/C19H28N4O2/c1-3-16-6-4-5-9-23(16)19(25)18-14-17(7-8-20-18)22-12-10-21(11-13-22)15(2)24/h7-8,14,16H,3-6,9-13H2,1-2H3. The normalized spacial score (nSPS) is 21.4. The largest absolute Gasteiger partial charge is 0.368 e. The number of hydrogen-bond acceptors (Lipinski definition) is 4. The molecule has 1 atom stereocenters. The third-order valence-corrected chi connectivity index (χ3v) is 5.41. The Balaban J connectivity index is 1.71. The molecule has 6 heteroatoms. The Bertz CT molecular complexity index is 626. The van der Waals surface area contributed by atoms with Gasteiger partial charge in [-0.3, -0.25) is 14.6 Å². The number of amides is 2. The number of rotatable bonds is 3. The lowest BCUT2D eigenvalue weighted by molar-refractivity contribution is -0.129. The summed E-state index contributed by atoms with van der Waals surface area (Å²) in [6, 6.07) is 4.20. The molecule has 2 amide bonds. The Morgan fingerprint density at radius 1 is 1.16 bits per heavy atom. The number of hydrogen-bond donors (Lipinski definition) is 0. The van der Waals surface area contributed by atoms with E-state index >= 15 is 0 Å². The summed E-state index contributed by atoms with van der Waals surface area (Å²) < 4.78 is 0. The minimum absolute atomic E-state index is 0.0516. The fraction of sp³-hybridized carbons (Fsp3) is 0.632. The van der Waals surface area contributed by atoms with Crippen molar-refractivity contribution in [2.75, 3.05) is 37.6 Å². The molecule has 1 aromatic heterocycles. The van der Waals surface area contributed by atoms with Crippen molar-refractivity contribution < 1.29 is 9.59 Å². The van der Waals surface area contributed by atoms with Crippen LogP contribution in [0.4, 0.5) is 5.69 Å². The molecule has 0 spiro atoms. The number of piperidine rings is 1. The van der Waals surface area contributed by atoms with E-state index in [0.717, 1.165) is 57.7 Å². The average Bonchev–Trinajstić information content (AvgIpc) is 2.67. The van der Waals surface area contributed by atoms with E-state index in [0.29, 0.717) is 11.7 Å². The highest BCUT2D eigenvalue weighted by Gasteiger charge is 2.27. The molecule has 136 valence electrons. The highest BCUT2D eigenvalue weighted by molar-refractivity contribution is 5.93. The van der Waals surface area contributed by atoms with Crippen LogP contribution in [-0.4, -0.2) is 65.4 Å². The number of piperazine rings is 1. The Hall–Kier alpha value is -2.11. The van der Waals surface area contributed by atoms with E-state index in [1.807, 2.05) is 21.9 Å². The lowest BCUT2D eigenvalue weighted by atomic mass is 9.99. The van der Waals surface area contributed by atoms with Gasteiger partial charge in [-0.15, -0.1) is 0 Å². The second-order valence-electron chi connectivity index (χ2n) is 6.95. The number of anilines is 1. The van der Waals surface area contributed by atoms with Gasteiger partial charge >= 0.3 is 0 Å². The second kappa shape index (κ2) is 7.85. The van der Waals surface area contributed by atoms with Crippen molar-refractivity contribution in [3.63, 3.8) is 0 Å². The number of aromatic nitrogens is 1. The van der Waals surface area contributed by atoms with Crippen molar-refractivity contribution in [3.8, 4) is 0 Å². The quantitative estimate of drug-likeness (QED) is 0.843. The molecule has 2 fully saturated rings. The van der Waals surface area contributed by atoms with Gasteiger partial charge in [0, 0.05) is 57.6 Å². The van der Waals surface area contributed by atoms with E-state index in [4.69, 9.17) is 0 Å². The number of pyridine rings is 1. The van der Waals surface area contributed by atoms with E-state index < -0.39 is 0 Å². The van der Waals surface area contributed by atoms with Crippen molar-refractivity contribution >= 4 is 17.5 Å². The first-order chi connectivity index (χ1) is 12.1. The number of likely N-dealkylation sites (tertiary alicyclic amines) is 1. The fourth-order valence-electron chi connectivity index (χ4n) is 3.85. The zero-order chi connectivity index (χ0) is 17.8. The molecule has 0 aromatic carbocycles. The van der Waals surface area contributed by atoms with E-state index in [2.05, 4.69) is 16.8 Å². The summed E-state index contributed by atoms with van der Waals surface area (Å²) in [5.41, 5.74) is 1.55. The monoisotopic (exact) mass is 344 g/mol. The SMILES string of the molecule is CCC1CCCCN1C(=O)c1cc(N2CCN(C(C)=O)CC2)ccn1. The van der Waals surface area contributed by atoms with Gasteiger partial charge in [0.1, 0.15) is 5.69 Å². The molecule has 1 aromatic rings. The molecule has 0 saturated carbocycles. The molecule has 2 aliphatic rings. The maximum Gasteiger partial charge on any atom is 0.272 e. The summed E-state index contributed by atoms with van der Waals surface area (Å²) in [6.45, 7) is 7.63. The minimum Gasteiger partial charge on any atom is -0.368 e. The molecule has 0 bridgehead atoms. The number of carbonyl (C=O) groups excluding carboxylic acids is 2. The van der Waals surface area contributed by atoms with Crippen molar-refractivity contribution in [2.45, 2.75) is 45.6 Å². The first-order valence-corrected chi connectivity index (χ1v) is 9.37. The maximum absolute atomic E-state index is 12.9. The van der Waals surface area contributed by atoms with E-state index in [1.54, 1.807) is 13.1 Å². The second-order valence-corrected chi connectivity index (χ2v) is 6.95. The average molecular weight is 344 g/mol. The van der Waals surface area contributed by atoms with E-state index in [9.17, 15) is 9.59 Å². The summed E-state index contributed by atoms with van der Waals surface area (Å²) in [7, 11) is 0. The van der Waals surface area contributed by atoms with Crippen LogP contribution in [0.5, 0.6) is 0 Å². The first-order valence-electron chi connectivity index (χ1n) is 9.37. The summed E-state index contributed by atoms with van der Waals surface area (Å²) in [4.78, 5) is 34.8. The Morgan fingerprint density at radius 3 is 2.60 bits per heavy atom. The third kappa shape index (κ3) is 3.94. The van der Waals surface area contributed by atoms with Gasteiger partial charge in [-0.1, -0.05) is 6.92 Å². The molecule has 0 radical (unpaired) electrons. The lowest BCUT2D eigenvalue weighted by Gasteiger charge is -2.36. The number of carbonyl (C=O) groups is 2. The number of nitrogens with zero attached hydrogens (tertiary/aromatic N) is 4. The van der Waals surface area contributed by atoms with Crippen LogP contribution in [0.15, 0.2) is 18.3 Å². The van der Waals surface area contributed by atoms with Crippen LogP contribution < -0.4 is 4.90 Å². The van der Waals surface area contributed by atoms with Crippen LogP contribution >= 0.6 is 0 Å². The molecule has 2 aliphatic heterocycles. The molecule has 3 heterocycles. The highest BCUT2D eigenvalue weighted by Crippen LogP contribution is 2.23. The molecule has 2 saturated heterocycles. The molecule has 1 unspecified atom stereocenters. The first kappa shape index (κ1) is 17.7. The lowest BCUT2D eigenvalue weighted by Crippen LogP contribution is -2.48.